The molecule has 1 unspecified atom stereocenters. The molecule has 0 aliphatic rings. The zero-order chi connectivity index (χ0) is 53.6. The summed E-state index contributed by atoms with van der Waals surface area (Å²) in [6.07, 6.45) is 80.5. The normalized spacial score (nSPS) is 12.5. The van der Waals surface area contributed by atoms with Gasteiger partial charge in [0, 0.05) is 19.3 Å². The first-order valence-corrected chi connectivity index (χ1v) is 31.9. The Kier molecular flexibility index (Phi) is 59.7. The van der Waals surface area contributed by atoms with Crippen molar-refractivity contribution in [3.05, 3.63) is 72.9 Å². The molecule has 0 N–H and O–H groups in total. The molecule has 1 atom stereocenters. The van der Waals surface area contributed by atoms with Gasteiger partial charge in [0.05, 0.1) is 0 Å². The summed E-state index contributed by atoms with van der Waals surface area (Å²) in [7, 11) is 0. The summed E-state index contributed by atoms with van der Waals surface area (Å²) in [5.74, 6) is -0.896. The monoisotopic (exact) mass is 1030 g/mol. The predicted molar refractivity (Wildman–Crippen MR) is 321 cm³/mol. The maximum Gasteiger partial charge on any atom is 0.306 e. The molecule has 74 heavy (non-hydrogen) atoms. The number of carbonyl (C=O) groups is 3. The van der Waals surface area contributed by atoms with Crippen LogP contribution in [0.1, 0.15) is 323 Å². The van der Waals surface area contributed by atoms with E-state index in [0.717, 1.165) is 109 Å². The van der Waals surface area contributed by atoms with Crippen LogP contribution in [-0.2, 0) is 28.6 Å². The third kappa shape index (κ3) is 59.7. The quantitative estimate of drug-likeness (QED) is 0.0261. The molecule has 0 heterocycles. The van der Waals surface area contributed by atoms with Crippen molar-refractivity contribution in [3.8, 4) is 0 Å². The summed E-state index contributed by atoms with van der Waals surface area (Å²) in [6.45, 7) is 6.57. The Morgan fingerprint density at radius 1 is 0.270 bits per heavy atom. The lowest BCUT2D eigenvalue weighted by atomic mass is 10.0. The van der Waals surface area contributed by atoms with Crippen LogP contribution >= 0.6 is 0 Å². The predicted octanol–water partition coefficient (Wildman–Crippen LogP) is 21.7. The highest BCUT2D eigenvalue weighted by atomic mass is 16.6. The minimum atomic E-state index is -0.787. The van der Waals surface area contributed by atoms with Crippen molar-refractivity contribution in [1.29, 1.82) is 0 Å². The Bertz CT molecular complexity index is 1370. The number of unbranched alkanes of at least 4 members (excludes halogenated alkanes) is 35. The average Bonchev–Trinajstić information content (AvgIpc) is 3.40. The lowest BCUT2D eigenvalue weighted by Gasteiger charge is -2.18. The van der Waals surface area contributed by atoms with Crippen molar-refractivity contribution < 1.29 is 28.6 Å². The van der Waals surface area contributed by atoms with Crippen molar-refractivity contribution in [2.24, 2.45) is 0 Å². The lowest BCUT2D eigenvalue weighted by molar-refractivity contribution is -0.167. The molecule has 0 aromatic heterocycles. The molecule has 0 spiro atoms. The number of esters is 3. The molecule has 0 radical (unpaired) electrons. The highest BCUT2D eigenvalue weighted by Crippen LogP contribution is 2.16. The summed E-state index contributed by atoms with van der Waals surface area (Å²) in [6, 6.07) is 0. The number of ether oxygens (including phenoxy) is 3. The van der Waals surface area contributed by atoms with Gasteiger partial charge in [-0.3, -0.25) is 14.4 Å². The minimum Gasteiger partial charge on any atom is -0.462 e. The second-order valence-corrected chi connectivity index (χ2v) is 21.3. The third-order valence-corrected chi connectivity index (χ3v) is 13.9. The lowest BCUT2D eigenvalue weighted by Crippen LogP contribution is -2.30. The summed E-state index contributed by atoms with van der Waals surface area (Å²) >= 11 is 0. The number of hydrogen-bond donors (Lipinski definition) is 0. The van der Waals surface area contributed by atoms with Gasteiger partial charge in [0.15, 0.2) is 6.10 Å². The molecule has 0 aliphatic carbocycles. The molecule has 0 aromatic rings. The summed E-state index contributed by atoms with van der Waals surface area (Å²) in [5, 5.41) is 0. The topological polar surface area (TPSA) is 78.9 Å². The maximum atomic E-state index is 12.9. The van der Waals surface area contributed by atoms with Crippen LogP contribution in [0.3, 0.4) is 0 Å². The van der Waals surface area contributed by atoms with Gasteiger partial charge in [-0.25, -0.2) is 0 Å². The van der Waals surface area contributed by atoms with Gasteiger partial charge in [-0.05, 0) is 109 Å². The van der Waals surface area contributed by atoms with Crippen molar-refractivity contribution in [3.63, 3.8) is 0 Å². The summed E-state index contributed by atoms with van der Waals surface area (Å²) in [4.78, 5) is 38.2. The number of hydrogen-bond acceptors (Lipinski definition) is 6. The molecule has 0 aromatic carbocycles. The van der Waals surface area contributed by atoms with E-state index in [1.54, 1.807) is 0 Å². The Hall–Kier alpha value is -3.15. The first-order chi connectivity index (χ1) is 36.5. The molecule has 0 aliphatic heterocycles. The fraction of sp³-hybridized carbons (Fsp3) is 0.779. The smallest absolute Gasteiger partial charge is 0.306 e. The fourth-order valence-corrected chi connectivity index (χ4v) is 9.07. The van der Waals surface area contributed by atoms with Gasteiger partial charge < -0.3 is 14.2 Å². The van der Waals surface area contributed by atoms with E-state index in [9.17, 15) is 14.4 Å². The van der Waals surface area contributed by atoms with Gasteiger partial charge in [-0.1, -0.05) is 267 Å². The van der Waals surface area contributed by atoms with E-state index in [2.05, 4.69) is 93.7 Å². The molecule has 0 bridgehead atoms. The van der Waals surface area contributed by atoms with Crippen LogP contribution in [0, 0.1) is 0 Å². The number of carbonyl (C=O) groups excluding carboxylic acids is 3. The SMILES string of the molecule is CCC/C=C\C/C=C\CCCCCCCC(=O)OCC(COC(=O)CCCCCCCCCCCCCC/C=C\C/C=C\C/C=C\CCCCCCC)OC(=O)CCCCCCC/C=C\CCCCCCCCC. The fourth-order valence-electron chi connectivity index (χ4n) is 9.07. The van der Waals surface area contributed by atoms with E-state index in [-0.39, 0.29) is 31.1 Å². The van der Waals surface area contributed by atoms with E-state index < -0.39 is 6.10 Å². The maximum absolute atomic E-state index is 12.9. The van der Waals surface area contributed by atoms with Crippen LogP contribution in [0.5, 0.6) is 0 Å². The van der Waals surface area contributed by atoms with Crippen molar-refractivity contribution in [2.45, 2.75) is 329 Å². The zero-order valence-corrected chi connectivity index (χ0v) is 49.1. The van der Waals surface area contributed by atoms with Crippen molar-refractivity contribution in [1.82, 2.24) is 0 Å². The Morgan fingerprint density at radius 2 is 0.514 bits per heavy atom. The molecular weight excluding hydrogens is 913 g/mol. The van der Waals surface area contributed by atoms with Crippen molar-refractivity contribution >= 4 is 17.9 Å². The largest absolute Gasteiger partial charge is 0.462 e. The zero-order valence-electron chi connectivity index (χ0n) is 49.1. The van der Waals surface area contributed by atoms with E-state index in [0.29, 0.717) is 19.3 Å². The second kappa shape index (κ2) is 62.4. The third-order valence-electron chi connectivity index (χ3n) is 13.9. The van der Waals surface area contributed by atoms with Crippen LogP contribution in [0.2, 0.25) is 0 Å². The minimum absolute atomic E-state index is 0.0828. The Labute approximate surface area is 459 Å². The average molecular weight is 1030 g/mol. The van der Waals surface area contributed by atoms with Gasteiger partial charge in [-0.15, -0.1) is 0 Å². The first-order valence-electron chi connectivity index (χ1n) is 31.9. The molecule has 6 nitrogen and oxygen atoms in total. The first kappa shape index (κ1) is 70.8. The van der Waals surface area contributed by atoms with Gasteiger partial charge in [0.1, 0.15) is 13.2 Å². The number of allylic oxidation sites excluding steroid dienone is 12. The van der Waals surface area contributed by atoms with Gasteiger partial charge >= 0.3 is 17.9 Å². The van der Waals surface area contributed by atoms with Gasteiger partial charge in [-0.2, -0.15) is 0 Å². The van der Waals surface area contributed by atoms with E-state index in [4.69, 9.17) is 14.2 Å². The summed E-state index contributed by atoms with van der Waals surface area (Å²) < 4.78 is 16.9. The molecule has 0 rings (SSSR count). The molecule has 428 valence electrons. The molecule has 0 saturated carbocycles. The van der Waals surface area contributed by atoms with Gasteiger partial charge in [0.2, 0.25) is 0 Å². The molecule has 6 heteroatoms. The molecule has 0 amide bonds. The second-order valence-electron chi connectivity index (χ2n) is 21.3. The van der Waals surface area contributed by atoms with E-state index >= 15 is 0 Å². The summed E-state index contributed by atoms with van der Waals surface area (Å²) in [5.41, 5.74) is 0. The highest BCUT2D eigenvalue weighted by molar-refractivity contribution is 5.71. The molecular formula is C68H120O6. The van der Waals surface area contributed by atoms with E-state index in [1.807, 2.05) is 0 Å². The van der Waals surface area contributed by atoms with E-state index in [1.165, 1.54) is 173 Å². The van der Waals surface area contributed by atoms with Crippen LogP contribution in [0.25, 0.3) is 0 Å². The molecule has 0 saturated heterocycles. The van der Waals surface area contributed by atoms with Gasteiger partial charge in [0.25, 0.3) is 0 Å². The Morgan fingerprint density at radius 3 is 0.824 bits per heavy atom. The van der Waals surface area contributed by atoms with Crippen LogP contribution in [0.15, 0.2) is 72.9 Å². The molecule has 0 fully saturated rings. The van der Waals surface area contributed by atoms with Crippen molar-refractivity contribution in [2.75, 3.05) is 13.2 Å². The van der Waals surface area contributed by atoms with Crippen LogP contribution in [0.4, 0.5) is 0 Å². The van der Waals surface area contributed by atoms with Crippen LogP contribution in [-0.4, -0.2) is 37.2 Å². The standard InChI is InChI=1S/C68H120O6/c1-4-7-10-13-16-19-22-25-27-29-30-31-32-33-34-35-36-37-38-39-41-43-46-49-52-55-58-61-67(70)73-64-65(63-72-66(69)60-57-54-51-48-45-42-24-21-18-15-12-9-6-3)74-68(71)62-59-56-53-50-47-44-40-28-26-23-20-17-14-11-8-5-2/h12,15,21-22,24-25,28-30,32-33,40,65H,4-11,13-14,16-20,23,26-27,31,34-39,41-64H2,1-3H3/b15-12-,24-21-,25-22-,30-29-,33-32-,40-28-. The highest BCUT2D eigenvalue weighted by Gasteiger charge is 2.19. The van der Waals surface area contributed by atoms with Crippen LogP contribution < -0.4 is 0 Å². The number of rotatable bonds is 58. The Balaban J connectivity index is 4.27.